The van der Waals surface area contributed by atoms with Crippen LogP contribution in [0.1, 0.15) is 22.3 Å². The van der Waals surface area contributed by atoms with Crippen LogP contribution in [0.25, 0.3) is 0 Å². The number of aryl methyl sites for hydroxylation is 1. The van der Waals surface area contributed by atoms with Gasteiger partial charge in [0.2, 0.25) is 5.91 Å². The van der Waals surface area contributed by atoms with Crippen LogP contribution in [0.15, 0.2) is 48.5 Å². The molecule has 2 aromatic carbocycles. The largest absolute Gasteiger partial charge is 0.455 e. The Labute approximate surface area is 178 Å². The number of carbonyl (C=O) groups excluding carboxylic acids is 4. The Balaban J connectivity index is 1.48. The molecule has 3 amide bonds. The van der Waals surface area contributed by atoms with Crippen molar-refractivity contribution in [2.45, 2.75) is 13.3 Å². The Morgan fingerprint density at radius 2 is 1.93 bits per heavy atom. The van der Waals surface area contributed by atoms with E-state index in [4.69, 9.17) is 16.3 Å². The van der Waals surface area contributed by atoms with E-state index in [1.165, 1.54) is 0 Å². The van der Waals surface area contributed by atoms with E-state index in [1.807, 2.05) is 13.0 Å². The van der Waals surface area contributed by atoms with E-state index >= 15 is 0 Å². The Kier molecular flexibility index (Phi) is 6.68. The summed E-state index contributed by atoms with van der Waals surface area (Å²) < 4.78 is 5.02. The molecule has 1 saturated heterocycles. The molecule has 3 rings (SSSR count). The molecule has 0 aromatic heterocycles. The third kappa shape index (κ3) is 5.57. The molecule has 0 aliphatic carbocycles. The van der Waals surface area contributed by atoms with Crippen molar-refractivity contribution >= 4 is 41.0 Å². The first-order chi connectivity index (χ1) is 14.3. The molecule has 2 aromatic rings. The molecule has 0 saturated carbocycles. The van der Waals surface area contributed by atoms with Gasteiger partial charge in [0.25, 0.3) is 11.8 Å². The van der Waals surface area contributed by atoms with Gasteiger partial charge in [0, 0.05) is 22.7 Å². The van der Waals surface area contributed by atoms with Gasteiger partial charge < -0.3 is 10.1 Å². The first-order valence-corrected chi connectivity index (χ1v) is 9.59. The van der Waals surface area contributed by atoms with Gasteiger partial charge in [-0.25, -0.2) is 0 Å². The zero-order valence-corrected chi connectivity index (χ0v) is 16.9. The fourth-order valence-electron chi connectivity index (χ4n) is 2.96. The molecule has 156 valence electrons. The maximum absolute atomic E-state index is 12.3. The van der Waals surface area contributed by atoms with E-state index in [0.29, 0.717) is 16.3 Å². The minimum atomic E-state index is -0.769. The van der Waals surface area contributed by atoms with Crippen LogP contribution >= 0.6 is 11.6 Å². The monoisotopic (exact) mass is 429 g/mol. The number of halogens is 1. The number of amides is 3. The van der Waals surface area contributed by atoms with Crippen molar-refractivity contribution in [3.63, 3.8) is 0 Å². The number of nitrogens with one attached hydrogen (secondary N) is 2. The number of hydrogen-bond acceptors (Lipinski definition) is 5. The van der Waals surface area contributed by atoms with E-state index in [0.717, 1.165) is 10.6 Å². The van der Waals surface area contributed by atoms with Crippen molar-refractivity contribution in [2.24, 2.45) is 5.92 Å². The summed E-state index contributed by atoms with van der Waals surface area (Å²) in [5.74, 6) is -2.82. The lowest BCUT2D eigenvalue weighted by atomic mass is 10.1. The van der Waals surface area contributed by atoms with Gasteiger partial charge in [0.15, 0.2) is 6.61 Å². The van der Waals surface area contributed by atoms with E-state index in [2.05, 4.69) is 10.7 Å². The zero-order valence-electron chi connectivity index (χ0n) is 16.2. The van der Waals surface area contributed by atoms with Crippen LogP contribution in [0, 0.1) is 12.8 Å². The molecular formula is C21H20ClN3O5. The van der Waals surface area contributed by atoms with E-state index in [-0.39, 0.29) is 13.0 Å². The van der Waals surface area contributed by atoms with E-state index < -0.39 is 36.2 Å². The maximum atomic E-state index is 12.3. The van der Waals surface area contributed by atoms with Crippen LogP contribution in [-0.4, -0.2) is 41.9 Å². The first-order valence-electron chi connectivity index (χ1n) is 9.22. The molecule has 1 fully saturated rings. The molecule has 0 unspecified atom stereocenters. The lowest BCUT2D eigenvalue weighted by Crippen LogP contribution is -2.43. The second kappa shape index (κ2) is 9.41. The predicted molar refractivity (Wildman–Crippen MR) is 110 cm³/mol. The van der Waals surface area contributed by atoms with Crippen LogP contribution in [0.5, 0.6) is 0 Å². The second-order valence-corrected chi connectivity index (χ2v) is 7.32. The molecular weight excluding hydrogens is 410 g/mol. The van der Waals surface area contributed by atoms with Crippen LogP contribution in [0.4, 0.5) is 5.69 Å². The van der Waals surface area contributed by atoms with E-state index in [1.54, 1.807) is 42.5 Å². The molecule has 1 atom stereocenters. The van der Waals surface area contributed by atoms with Crippen molar-refractivity contribution < 1.29 is 23.9 Å². The normalized spacial score (nSPS) is 15.6. The Hall–Kier alpha value is -3.39. The van der Waals surface area contributed by atoms with Crippen molar-refractivity contribution in [1.29, 1.82) is 0 Å². The average molecular weight is 430 g/mol. The average Bonchev–Trinajstić information content (AvgIpc) is 3.06. The maximum Gasteiger partial charge on any atom is 0.311 e. The first kappa shape index (κ1) is 21.3. The van der Waals surface area contributed by atoms with Crippen LogP contribution in [0.2, 0.25) is 5.02 Å². The summed E-state index contributed by atoms with van der Waals surface area (Å²) in [5.41, 5.74) is 4.30. The molecule has 0 spiro atoms. The molecule has 30 heavy (non-hydrogen) atoms. The molecule has 9 heteroatoms. The highest BCUT2D eigenvalue weighted by atomic mass is 35.5. The Morgan fingerprint density at radius 3 is 2.67 bits per heavy atom. The number of esters is 1. The molecule has 1 heterocycles. The third-order valence-corrected chi connectivity index (χ3v) is 4.66. The minimum absolute atomic E-state index is 0.0227. The summed E-state index contributed by atoms with van der Waals surface area (Å²) >= 11 is 5.85. The van der Waals surface area contributed by atoms with Crippen LogP contribution < -0.4 is 10.7 Å². The van der Waals surface area contributed by atoms with Crippen molar-refractivity contribution in [1.82, 2.24) is 10.4 Å². The number of anilines is 1. The number of rotatable bonds is 6. The summed E-state index contributed by atoms with van der Waals surface area (Å²) in [4.78, 5) is 48.6. The van der Waals surface area contributed by atoms with Gasteiger partial charge in [-0.2, -0.15) is 0 Å². The SMILES string of the molecule is Cc1cccc(C(=O)NN2C[C@@H](C(=O)OCC(=O)Nc3cccc(Cl)c3)CC2=O)c1. The number of ether oxygens (including phenoxy) is 1. The topological polar surface area (TPSA) is 105 Å². The van der Waals surface area contributed by atoms with Crippen LogP contribution in [0.3, 0.4) is 0 Å². The highest BCUT2D eigenvalue weighted by Crippen LogP contribution is 2.18. The number of nitrogens with zero attached hydrogens (tertiary/aromatic N) is 1. The van der Waals surface area contributed by atoms with Crippen molar-refractivity contribution in [3.05, 3.63) is 64.7 Å². The van der Waals surface area contributed by atoms with Gasteiger partial charge in [-0.15, -0.1) is 0 Å². The zero-order chi connectivity index (χ0) is 21.7. The van der Waals surface area contributed by atoms with Gasteiger partial charge in [0.1, 0.15) is 0 Å². The lowest BCUT2D eigenvalue weighted by molar-refractivity contribution is -0.151. The fourth-order valence-corrected chi connectivity index (χ4v) is 3.16. The Morgan fingerprint density at radius 1 is 1.17 bits per heavy atom. The summed E-state index contributed by atoms with van der Waals surface area (Å²) in [6.45, 7) is 1.34. The second-order valence-electron chi connectivity index (χ2n) is 6.88. The standard InChI is InChI=1S/C21H20ClN3O5/c1-13-4-2-5-14(8-13)20(28)24-25-11-15(9-19(25)27)21(29)30-12-18(26)23-17-7-3-6-16(22)10-17/h2-8,10,15H,9,11-12H2,1H3,(H,23,26)(H,24,28)/t15-/m0/s1. The Bertz CT molecular complexity index is 994. The van der Waals surface area contributed by atoms with E-state index in [9.17, 15) is 19.2 Å². The van der Waals surface area contributed by atoms with Gasteiger partial charge in [-0.3, -0.25) is 29.6 Å². The van der Waals surface area contributed by atoms with Crippen molar-refractivity contribution in [2.75, 3.05) is 18.5 Å². The molecule has 0 radical (unpaired) electrons. The van der Waals surface area contributed by atoms with Gasteiger partial charge >= 0.3 is 5.97 Å². The highest BCUT2D eigenvalue weighted by Gasteiger charge is 2.36. The van der Waals surface area contributed by atoms with Gasteiger partial charge in [-0.1, -0.05) is 35.4 Å². The highest BCUT2D eigenvalue weighted by molar-refractivity contribution is 6.30. The molecule has 1 aliphatic rings. The number of carbonyl (C=O) groups is 4. The third-order valence-electron chi connectivity index (χ3n) is 4.43. The minimum Gasteiger partial charge on any atom is -0.455 e. The summed E-state index contributed by atoms with van der Waals surface area (Å²) in [6, 6.07) is 13.5. The molecule has 2 N–H and O–H groups in total. The lowest BCUT2D eigenvalue weighted by Gasteiger charge is -2.17. The fraction of sp³-hybridized carbons (Fsp3) is 0.238. The summed E-state index contributed by atoms with van der Waals surface area (Å²) in [7, 11) is 0. The molecule has 1 aliphatic heterocycles. The smallest absolute Gasteiger partial charge is 0.311 e. The van der Waals surface area contributed by atoms with Gasteiger partial charge in [-0.05, 0) is 37.3 Å². The quantitative estimate of drug-likeness (QED) is 0.686. The molecule has 8 nitrogen and oxygen atoms in total. The van der Waals surface area contributed by atoms with Crippen molar-refractivity contribution in [3.8, 4) is 0 Å². The number of hydrazine groups is 1. The van der Waals surface area contributed by atoms with Gasteiger partial charge in [0.05, 0.1) is 12.5 Å². The van der Waals surface area contributed by atoms with Crippen LogP contribution in [-0.2, 0) is 19.1 Å². The number of hydrogen-bond donors (Lipinski definition) is 2. The number of benzene rings is 2. The molecule has 0 bridgehead atoms. The predicted octanol–water partition coefficient (Wildman–Crippen LogP) is 2.32. The summed E-state index contributed by atoms with van der Waals surface area (Å²) in [6.07, 6.45) is -0.108. The summed E-state index contributed by atoms with van der Waals surface area (Å²) in [5, 5.41) is 4.12.